The Morgan fingerprint density at radius 1 is 0.691 bits per heavy atom. The largest absolute Gasteiger partial charge is 0.484 e. The number of hydrogen-bond acceptors (Lipinski definition) is 8. The van der Waals surface area contributed by atoms with Gasteiger partial charge in [0.05, 0.1) is 35.2 Å². The van der Waals surface area contributed by atoms with Gasteiger partial charge in [-0.05, 0) is 77.3 Å². The van der Waals surface area contributed by atoms with E-state index in [9.17, 15) is 35.9 Å². The summed E-state index contributed by atoms with van der Waals surface area (Å²) in [5, 5.41) is 13.1. The third-order valence-electron chi connectivity index (χ3n) is 7.59. The molecule has 0 aliphatic rings. The van der Waals surface area contributed by atoms with Crippen molar-refractivity contribution in [2.24, 2.45) is 0 Å². The number of nitrogens with one attached hydrogen (secondary N) is 2. The number of hydrogen-bond donors (Lipinski definition) is 2. The number of rotatable bonds is 12. The first kappa shape index (κ1) is 40.5. The summed E-state index contributed by atoms with van der Waals surface area (Å²) in [5.74, 6) is 1.23. The van der Waals surface area contributed by atoms with Gasteiger partial charge >= 0.3 is 12.4 Å². The number of H-pyrrole nitrogens is 2. The van der Waals surface area contributed by atoms with Gasteiger partial charge in [-0.25, -0.2) is 9.97 Å². The summed E-state index contributed by atoms with van der Waals surface area (Å²) in [5.41, 5.74) is 2.75. The molecule has 4 aromatic heterocycles. The van der Waals surface area contributed by atoms with E-state index < -0.39 is 25.6 Å². The molecule has 0 unspecified atom stereocenters. The Morgan fingerprint density at radius 3 is 1.62 bits per heavy atom. The number of nitrogens with zero attached hydrogens (tertiary/aromatic N) is 6. The fourth-order valence-electron chi connectivity index (χ4n) is 5.22. The van der Waals surface area contributed by atoms with Crippen LogP contribution in [0, 0.1) is 0 Å². The van der Waals surface area contributed by atoms with Crippen LogP contribution in [0.1, 0.15) is 38.3 Å². The van der Waals surface area contributed by atoms with Crippen molar-refractivity contribution >= 4 is 15.9 Å². The van der Waals surface area contributed by atoms with Crippen LogP contribution in [0.15, 0.2) is 93.4 Å². The van der Waals surface area contributed by atoms with E-state index in [-0.39, 0.29) is 27.1 Å². The lowest BCUT2D eigenvalue weighted by atomic mass is 10.2. The summed E-state index contributed by atoms with van der Waals surface area (Å²) in [7, 11) is 0. The van der Waals surface area contributed by atoms with Crippen LogP contribution in [0.5, 0.6) is 11.5 Å². The Kier molecular flexibility index (Phi) is 13.0. The maximum Gasteiger partial charge on any atom is 0.422 e. The molecule has 55 heavy (non-hydrogen) atoms. The summed E-state index contributed by atoms with van der Waals surface area (Å²) in [6.07, 6.45) is 0.243. The molecule has 2 aromatic carbocycles. The molecule has 0 saturated carbocycles. The van der Waals surface area contributed by atoms with Gasteiger partial charge in [0.1, 0.15) is 27.6 Å². The minimum Gasteiger partial charge on any atom is -0.484 e. The van der Waals surface area contributed by atoms with Gasteiger partial charge in [-0.15, -0.1) is 0 Å². The third-order valence-corrected chi connectivity index (χ3v) is 8.31. The van der Waals surface area contributed by atoms with Crippen LogP contribution >= 0.6 is 15.9 Å². The van der Waals surface area contributed by atoms with E-state index in [1.807, 2.05) is 13.8 Å². The standard InChI is InChI=1S/C18H16BrF3N4O2.C18H17F3N4O2/c1-2-3-14-25-16(11-8-23-24-9-11)15(19)17(27)26(14)12-4-6-13(7-5-12)28-10-18(20,21)22;1-2-3-16-24-15(12-9-22-23-10-12)8-17(26)25(16)13-4-6-14(7-5-13)27-11-18(19,20)21/h4-9H,2-3,10H2,1H3,(H,23,24);4-10H,2-3,11H2,1H3,(H,22,23). The Hall–Kier alpha value is -5.72. The van der Waals surface area contributed by atoms with Crippen molar-refractivity contribution in [1.29, 1.82) is 0 Å². The Bertz CT molecular complexity index is 2270. The van der Waals surface area contributed by atoms with Gasteiger partial charge in [0, 0.05) is 42.4 Å². The van der Waals surface area contributed by atoms with Crippen molar-refractivity contribution in [1.82, 2.24) is 39.5 Å². The van der Waals surface area contributed by atoms with Crippen LogP contribution in [0.2, 0.25) is 0 Å². The first-order valence-corrected chi connectivity index (χ1v) is 17.5. The summed E-state index contributed by atoms with van der Waals surface area (Å²) in [6.45, 7) is 1.19. The van der Waals surface area contributed by atoms with Crippen molar-refractivity contribution in [3.8, 4) is 45.4 Å². The minimum absolute atomic E-state index is 0.0632. The number of alkyl halides is 6. The molecule has 4 heterocycles. The van der Waals surface area contributed by atoms with Gasteiger partial charge in [0.15, 0.2) is 13.2 Å². The molecule has 0 bridgehead atoms. The SMILES string of the molecule is CCCc1nc(-c2cn[nH]c2)c(Br)c(=O)n1-c1ccc(OCC(F)(F)F)cc1.CCCc1nc(-c2cn[nH]c2)cc(=O)n1-c1ccc(OCC(F)(F)F)cc1. The molecule has 0 amide bonds. The van der Waals surface area contributed by atoms with E-state index in [4.69, 9.17) is 9.47 Å². The van der Waals surface area contributed by atoms with Crippen molar-refractivity contribution in [2.75, 3.05) is 13.2 Å². The molecule has 6 rings (SSSR count). The van der Waals surface area contributed by atoms with Crippen molar-refractivity contribution in [2.45, 2.75) is 51.9 Å². The van der Waals surface area contributed by atoms with Crippen LogP contribution in [-0.4, -0.2) is 65.1 Å². The number of halogens is 7. The number of aromatic nitrogens is 8. The van der Waals surface area contributed by atoms with Gasteiger partial charge < -0.3 is 9.47 Å². The molecule has 290 valence electrons. The summed E-state index contributed by atoms with van der Waals surface area (Å²) in [4.78, 5) is 34.8. The van der Waals surface area contributed by atoms with Crippen LogP contribution < -0.4 is 20.6 Å². The van der Waals surface area contributed by atoms with E-state index in [1.165, 1.54) is 63.7 Å². The monoisotopic (exact) mass is 834 g/mol. The average molecular weight is 836 g/mol. The highest BCUT2D eigenvalue weighted by Crippen LogP contribution is 2.26. The molecule has 0 atom stereocenters. The zero-order chi connectivity index (χ0) is 39.8. The Labute approximate surface area is 317 Å². The van der Waals surface area contributed by atoms with Crippen molar-refractivity contribution in [3.05, 3.63) is 116 Å². The molecular weight excluding hydrogens is 802 g/mol. The normalized spacial score (nSPS) is 11.6. The molecule has 0 aliphatic carbocycles. The lowest BCUT2D eigenvalue weighted by molar-refractivity contribution is -0.154. The van der Waals surface area contributed by atoms with Crippen molar-refractivity contribution < 1.29 is 35.8 Å². The number of benzene rings is 2. The third kappa shape index (κ3) is 10.7. The second-order valence-corrected chi connectivity index (χ2v) is 12.6. The second kappa shape index (κ2) is 17.6. The van der Waals surface area contributed by atoms with Gasteiger partial charge in [-0.1, -0.05) is 13.8 Å². The zero-order valence-corrected chi connectivity index (χ0v) is 30.8. The number of aromatic amines is 2. The summed E-state index contributed by atoms with van der Waals surface area (Å²) >= 11 is 3.31. The van der Waals surface area contributed by atoms with Crippen LogP contribution in [-0.2, 0) is 12.8 Å². The van der Waals surface area contributed by atoms with Crippen LogP contribution in [0.4, 0.5) is 26.3 Å². The highest BCUT2D eigenvalue weighted by molar-refractivity contribution is 9.10. The molecule has 0 fully saturated rings. The predicted octanol–water partition coefficient (Wildman–Crippen LogP) is 7.79. The van der Waals surface area contributed by atoms with Gasteiger partial charge in [0.25, 0.3) is 11.1 Å². The van der Waals surface area contributed by atoms with Gasteiger partial charge in [0.2, 0.25) is 0 Å². The lowest BCUT2D eigenvalue weighted by Gasteiger charge is -2.15. The molecular formula is C36H33BrF6N8O4. The predicted molar refractivity (Wildman–Crippen MR) is 194 cm³/mol. The molecule has 0 radical (unpaired) electrons. The molecule has 2 N–H and O–H groups in total. The first-order valence-electron chi connectivity index (χ1n) is 16.7. The van der Waals surface area contributed by atoms with Gasteiger partial charge in [-0.3, -0.25) is 28.9 Å². The number of ether oxygens (including phenoxy) is 2. The first-order chi connectivity index (χ1) is 26.2. The van der Waals surface area contributed by atoms with E-state index in [0.29, 0.717) is 58.4 Å². The molecule has 0 saturated heterocycles. The molecule has 12 nitrogen and oxygen atoms in total. The Balaban J connectivity index is 0.000000211. The molecule has 0 spiro atoms. The van der Waals surface area contributed by atoms with Crippen LogP contribution in [0.25, 0.3) is 33.9 Å². The summed E-state index contributed by atoms with van der Waals surface area (Å²) < 4.78 is 86.2. The van der Waals surface area contributed by atoms with Gasteiger partial charge in [-0.2, -0.15) is 36.5 Å². The smallest absolute Gasteiger partial charge is 0.422 e. The highest BCUT2D eigenvalue weighted by Gasteiger charge is 2.29. The van der Waals surface area contributed by atoms with E-state index in [2.05, 4.69) is 46.3 Å². The number of aryl methyl sites for hydroxylation is 2. The highest BCUT2D eigenvalue weighted by atomic mass is 79.9. The zero-order valence-electron chi connectivity index (χ0n) is 29.2. The maximum absolute atomic E-state index is 13.0. The fraction of sp³-hybridized carbons (Fsp3) is 0.278. The Morgan fingerprint density at radius 2 is 1.16 bits per heavy atom. The van der Waals surface area contributed by atoms with Crippen LogP contribution in [0.3, 0.4) is 0 Å². The maximum atomic E-state index is 13.0. The van der Waals surface area contributed by atoms with E-state index >= 15 is 0 Å². The second-order valence-electron chi connectivity index (χ2n) is 11.8. The fourth-order valence-corrected chi connectivity index (χ4v) is 5.72. The molecule has 6 aromatic rings. The molecule has 0 aliphatic heterocycles. The molecule has 19 heteroatoms. The lowest BCUT2D eigenvalue weighted by Crippen LogP contribution is -2.25. The quantitative estimate of drug-likeness (QED) is 0.119. The van der Waals surface area contributed by atoms with Crippen molar-refractivity contribution in [3.63, 3.8) is 0 Å². The minimum atomic E-state index is -4.42. The topological polar surface area (TPSA) is 146 Å². The average Bonchev–Trinajstić information content (AvgIpc) is 3.88. The summed E-state index contributed by atoms with van der Waals surface area (Å²) in [6, 6.07) is 13.1. The van der Waals surface area contributed by atoms with E-state index in [1.54, 1.807) is 24.8 Å². The van der Waals surface area contributed by atoms with E-state index in [0.717, 1.165) is 12.8 Å².